The standard InChI is InChI=1S/C18H21N3O/c22-18(14-16-4-2-1-3-5-16)21-12-10-20(11-13-21)15-17-6-8-19-9-7-17/h1-9H,10-15H2/p+1. The number of carbonyl (C=O) groups is 1. The number of hydrogen-bond acceptors (Lipinski definition) is 2. The Hall–Kier alpha value is -2.20. The molecule has 1 aliphatic heterocycles. The summed E-state index contributed by atoms with van der Waals surface area (Å²) in [7, 11) is 0. The molecule has 1 aromatic heterocycles. The fourth-order valence-corrected chi connectivity index (χ4v) is 2.92. The van der Waals surface area contributed by atoms with Gasteiger partial charge in [0.1, 0.15) is 6.54 Å². The van der Waals surface area contributed by atoms with Gasteiger partial charge >= 0.3 is 0 Å². The highest BCUT2D eigenvalue weighted by Crippen LogP contribution is 2.03. The third-order valence-corrected chi connectivity index (χ3v) is 4.22. The predicted molar refractivity (Wildman–Crippen MR) is 85.4 cm³/mol. The van der Waals surface area contributed by atoms with Crippen molar-refractivity contribution in [2.45, 2.75) is 13.0 Å². The van der Waals surface area contributed by atoms with Crippen molar-refractivity contribution in [3.05, 3.63) is 66.0 Å². The molecule has 22 heavy (non-hydrogen) atoms. The summed E-state index contributed by atoms with van der Waals surface area (Å²) < 4.78 is 0. The zero-order valence-electron chi connectivity index (χ0n) is 12.7. The van der Waals surface area contributed by atoms with Crippen molar-refractivity contribution in [3.63, 3.8) is 0 Å². The first kappa shape index (κ1) is 14.7. The molecule has 2 aromatic rings. The molecule has 1 saturated heterocycles. The number of rotatable bonds is 4. The first-order valence-corrected chi connectivity index (χ1v) is 7.85. The fourth-order valence-electron chi connectivity index (χ4n) is 2.92. The Morgan fingerprint density at radius 1 is 1.00 bits per heavy atom. The van der Waals surface area contributed by atoms with Crippen molar-refractivity contribution >= 4 is 5.91 Å². The van der Waals surface area contributed by atoms with Crippen LogP contribution in [0.5, 0.6) is 0 Å². The van der Waals surface area contributed by atoms with Crippen LogP contribution in [-0.2, 0) is 17.8 Å². The lowest BCUT2D eigenvalue weighted by atomic mass is 10.1. The van der Waals surface area contributed by atoms with Gasteiger partial charge in [-0.2, -0.15) is 0 Å². The van der Waals surface area contributed by atoms with Crippen LogP contribution in [0.3, 0.4) is 0 Å². The summed E-state index contributed by atoms with van der Waals surface area (Å²) in [5.74, 6) is 0.245. The van der Waals surface area contributed by atoms with Gasteiger partial charge in [0, 0.05) is 18.0 Å². The number of aromatic nitrogens is 1. The molecule has 1 aliphatic rings. The lowest BCUT2D eigenvalue weighted by Gasteiger charge is -2.32. The lowest BCUT2D eigenvalue weighted by Crippen LogP contribution is -3.13. The molecule has 1 amide bonds. The van der Waals surface area contributed by atoms with E-state index < -0.39 is 0 Å². The number of nitrogens with one attached hydrogen (secondary N) is 1. The van der Waals surface area contributed by atoms with Crippen LogP contribution in [-0.4, -0.2) is 42.0 Å². The highest BCUT2D eigenvalue weighted by molar-refractivity contribution is 5.78. The highest BCUT2D eigenvalue weighted by Gasteiger charge is 2.23. The molecule has 1 N–H and O–H groups in total. The van der Waals surface area contributed by atoms with Gasteiger partial charge in [0.25, 0.3) is 0 Å². The van der Waals surface area contributed by atoms with E-state index in [1.165, 1.54) is 10.5 Å². The minimum atomic E-state index is 0.245. The third kappa shape index (κ3) is 3.92. The molecular weight excluding hydrogens is 274 g/mol. The molecule has 3 rings (SSSR count). The van der Waals surface area contributed by atoms with Crippen molar-refractivity contribution in [1.29, 1.82) is 0 Å². The van der Waals surface area contributed by atoms with Gasteiger partial charge in [0.15, 0.2) is 0 Å². The minimum absolute atomic E-state index is 0.245. The minimum Gasteiger partial charge on any atom is -0.331 e. The molecular formula is C18H22N3O+. The van der Waals surface area contributed by atoms with Crippen LogP contribution in [0.25, 0.3) is 0 Å². The first-order chi connectivity index (χ1) is 10.8. The Morgan fingerprint density at radius 2 is 1.68 bits per heavy atom. The summed E-state index contributed by atoms with van der Waals surface area (Å²) in [6.07, 6.45) is 4.20. The van der Waals surface area contributed by atoms with Gasteiger partial charge in [-0.1, -0.05) is 30.3 Å². The van der Waals surface area contributed by atoms with Gasteiger partial charge < -0.3 is 9.80 Å². The van der Waals surface area contributed by atoms with E-state index in [1.807, 2.05) is 47.6 Å². The maximum atomic E-state index is 12.3. The Balaban J connectivity index is 1.48. The van der Waals surface area contributed by atoms with E-state index in [0.29, 0.717) is 6.42 Å². The predicted octanol–water partition coefficient (Wildman–Crippen LogP) is 0.551. The molecule has 0 aliphatic carbocycles. The van der Waals surface area contributed by atoms with E-state index in [4.69, 9.17) is 0 Å². The summed E-state index contributed by atoms with van der Waals surface area (Å²) in [6.45, 7) is 4.76. The number of amides is 1. The quantitative estimate of drug-likeness (QED) is 0.895. The Bertz CT molecular complexity index is 592. The van der Waals surface area contributed by atoms with E-state index in [1.54, 1.807) is 0 Å². The number of piperazine rings is 1. The van der Waals surface area contributed by atoms with Crippen molar-refractivity contribution in [3.8, 4) is 0 Å². The monoisotopic (exact) mass is 296 g/mol. The van der Waals surface area contributed by atoms with E-state index in [9.17, 15) is 4.79 Å². The van der Waals surface area contributed by atoms with Crippen molar-refractivity contribution in [1.82, 2.24) is 9.88 Å². The van der Waals surface area contributed by atoms with Gasteiger partial charge in [0.05, 0.1) is 32.6 Å². The van der Waals surface area contributed by atoms with Gasteiger partial charge in [-0.15, -0.1) is 0 Å². The average molecular weight is 296 g/mol. The molecule has 0 unspecified atom stereocenters. The maximum Gasteiger partial charge on any atom is 0.227 e. The number of hydrogen-bond donors (Lipinski definition) is 1. The molecule has 2 heterocycles. The topological polar surface area (TPSA) is 37.6 Å². The van der Waals surface area contributed by atoms with E-state index in [2.05, 4.69) is 17.1 Å². The Kier molecular flexibility index (Phi) is 4.81. The number of nitrogens with zero attached hydrogens (tertiary/aromatic N) is 2. The lowest BCUT2D eigenvalue weighted by molar-refractivity contribution is -0.917. The van der Waals surface area contributed by atoms with Gasteiger partial charge in [-0.25, -0.2) is 0 Å². The summed E-state index contributed by atoms with van der Waals surface area (Å²) >= 11 is 0. The molecule has 0 atom stereocenters. The second kappa shape index (κ2) is 7.18. The molecule has 1 aromatic carbocycles. The van der Waals surface area contributed by atoms with Crippen LogP contribution in [0.4, 0.5) is 0 Å². The van der Waals surface area contributed by atoms with Crippen LogP contribution in [0, 0.1) is 0 Å². The summed E-state index contributed by atoms with van der Waals surface area (Å²) in [4.78, 5) is 19.9. The number of benzene rings is 1. The zero-order chi connectivity index (χ0) is 15.2. The van der Waals surface area contributed by atoms with Crippen LogP contribution in [0.2, 0.25) is 0 Å². The summed E-state index contributed by atoms with van der Waals surface area (Å²) in [5.41, 5.74) is 2.41. The Labute approximate surface area is 131 Å². The summed E-state index contributed by atoms with van der Waals surface area (Å²) in [5, 5.41) is 0. The second-order valence-electron chi connectivity index (χ2n) is 5.83. The van der Waals surface area contributed by atoms with E-state index in [-0.39, 0.29) is 5.91 Å². The van der Waals surface area contributed by atoms with E-state index in [0.717, 1.165) is 38.3 Å². The molecule has 0 radical (unpaired) electrons. The van der Waals surface area contributed by atoms with Crippen LogP contribution >= 0.6 is 0 Å². The fraction of sp³-hybridized carbons (Fsp3) is 0.333. The number of carbonyl (C=O) groups excluding carboxylic acids is 1. The van der Waals surface area contributed by atoms with Gasteiger partial charge in [-0.05, 0) is 17.7 Å². The summed E-state index contributed by atoms with van der Waals surface area (Å²) in [6, 6.07) is 14.1. The smallest absolute Gasteiger partial charge is 0.227 e. The molecule has 0 saturated carbocycles. The van der Waals surface area contributed by atoms with Gasteiger partial charge in [-0.3, -0.25) is 9.78 Å². The van der Waals surface area contributed by atoms with Crippen molar-refractivity contribution < 1.29 is 9.69 Å². The normalized spacial score (nSPS) is 15.7. The highest BCUT2D eigenvalue weighted by atomic mass is 16.2. The number of quaternary nitrogens is 1. The maximum absolute atomic E-state index is 12.3. The molecule has 4 heteroatoms. The molecule has 0 bridgehead atoms. The molecule has 114 valence electrons. The molecule has 4 nitrogen and oxygen atoms in total. The van der Waals surface area contributed by atoms with Crippen LogP contribution in [0.15, 0.2) is 54.9 Å². The van der Waals surface area contributed by atoms with Crippen molar-refractivity contribution in [2.75, 3.05) is 26.2 Å². The first-order valence-electron chi connectivity index (χ1n) is 7.85. The van der Waals surface area contributed by atoms with Crippen LogP contribution < -0.4 is 4.90 Å². The third-order valence-electron chi connectivity index (χ3n) is 4.22. The number of pyridine rings is 1. The van der Waals surface area contributed by atoms with Gasteiger partial charge in [0.2, 0.25) is 5.91 Å². The van der Waals surface area contributed by atoms with Crippen molar-refractivity contribution in [2.24, 2.45) is 0 Å². The van der Waals surface area contributed by atoms with Crippen LogP contribution in [0.1, 0.15) is 11.1 Å². The second-order valence-corrected chi connectivity index (χ2v) is 5.83. The largest absolute Gasteiger partial charge is 0.331 e. The SMILES string of the molecule is O=C(Cc1ccccc1)N1CC[NH+](Cc2ccncc2)CC1. The molecule has 1 fully saturated rings. The van der Waals surface area contributed by atoms with E-state index >= 15 is 0 Å². The zero-order valence-corrected chi connectivity index (χ0v) is 12.7. The Morgan fingerprint density at radius 3 is 2.36 bits per heavy atom. The average Bonchev–Trinajstić information content (AvgIpc) is 2.57. The molecule has 0 spiro atoms.